The van der Waals surface area contributed by atoms with E-state index in [0.717, 1.165) is 25.3 Å². The lowest BCUT2D eigenvalue weighted by Gasteiger charge is -2.23. The molecule has 4 nitrogen and oxygen atoms in total. The van der Waals surface area contributed by atoms with Crippen molar-refractivity contribution in [2.45, 2.75) is 31.8 Å². The Bertz CT molecular complexity index is 370. The van der Waals surface area contributed by atoms with Gasteiger partial charge in [0, 0.05) is 31.4 Å². The molecule has 1 unspecified atom stereocenters. The van der Waals surface area contributed by atoms with Gasteiger partial charge >= 0.3 is 0 Å². The van der Waals surface area contributed by atoms with Crippen molar-refractivity contribution >= 4 is 5.69 Å². The summed E-state index contributed by atoms with van der Waals surface area (Å²) in [4.78, 5) is 5.35. The standard InChI is InChI=1S/C14H23N3O/c1-18-17-9-5-4-7-13(11-17)16-10-12-6-2-3-8-14(12)15/h2-3,6,8,13,16H,4-5,7,9-11,15H2,1H3. The molecule has 1 saturated heterocycles. The van der Waals surface area contributed by atoms with Gasteiger partial charge in [0.2, 0.25) is 0 Å². The van der Waals surface area contributed by atoms with Gasteiger partial charge in [0.1, 0.15) is 0 Å². The SMILES string of the molecule is CON1CCCCC(NCc2ccccc2N)C1. The van der Waals surface area contributed by atoms with Crippen LogP contribution < -0.4 is 11.1 Å². The van der Waals surface area contributed by atoms with Gasteiger partial charge in [-0.25, -0.2) is 0 Å². The molecule has 0 aliphatic carbocycles. The van der Waals surface area contributed by atoms with Crippen molar-refractivity contribution in [1.82, 2.24) is 10.4 Å². The second kappa shape index (κ2) is 6.73. The summed E-state index contributed by atoms with van der Waals surface area (Å²) in [5.41, 5.74) is 7.98. The summed E-state index contributed by atoms with van der Waals surface area (Å²) in [5.74, 6) is 0. The van der Waals surface area contributed by atoms with Crippen molar-refractivity contribution < 1.29 is 4.84 Å². The van der Waals surface area contributed by atoms with Crippen molar-refractivity contribution in [3.05, 3.63) is 29.8 Å². The van der Waals surface area contributed by atoms with Crippen LogP contribution in [0.4, 0.5) is 5.69 Å². The van der Waals surface area contributed by atoms with E-state index in [-0.39, 0.29) is 0 Å². The first-order valence-corrected chi connectivity index (χ1v) is 6.65. The maximum atomic E-state index is 5.95. The van der Waals surface area contributed by atoms with E-state index in [2.05, 4.69) is 11.4 Å². The van der Waals surface area contributed by atoms with E-state index >= 15 is 0 Å². The highest BCUT2D eigenvalue weighted by Crippen LogP contribution is 2.13. The number of hydroxylamine groups is 2. The first kappa shape index (κ1) is 13.3. The molecule has 1 fully saturated rings. The highest BCUT2D eigenvalue weighted by Gasteiger charge is 2.17. The zero-order valence-electron chi connectivity index (χ0n) is 11.1. The summed E-state index contributed by atoms with van der Waals surface area (Å²) in [6, 6.07) is 8.50. The number of anilines is 1. The van der Waals surface area contributed by atoms with Gasteiger partial charge < -0.3 is 15.9 Å². The number of nitrogens with one attached hydrogen (secondary N) is 1. The van der Waals surface area contributed by atoms with E-state index in [4.69, 9.17) is 10.6 Å². The Morgan fingerprint density at radius 1 is 1.39 bits per heavy atom. The monoisotopic (exact) mass is 249 g/mol. The molecule has 0 saturated carbocycles. The predicted octanol–water partition coefficient (Wildman–Crippen LogP) is 1.77. The van der Waals surface area contributed by atoms with Gasteiger partial charge in [0.05, 0.1) is 7.11 Å². The van der Waals surface area contributed by atoms with Crippen molar-refractivity contribution in [3.8, 4) is 0 Å². The molecule has 0 spiro atoms. The summed E-state index contributed by atoms with van der Waals surface area (Å²) in [6.07, 6.45) is 3.66. The number of para-hydroxylation sites is 1. The first-order valence-electron chi connectivity index (χ1n) is 6.65. The third kappa shape index (κ3) is 3.70. The number of nitrogens with zero attached hydrogens (tertiary/aromatic N) is 1. The topological polar surface area (TPSA) is 50.5 Å². The van der Waals surface area contributed by atoms with Crippen LogP contribution in [0.25, 0.3) is 0 Å². The Hall–Kier alpha value is -1.10. The molecule has 0 bridgehead atoms. The van der Waals surface area contributed by atoms with E-state index in [1.54, 1.807) is 7.11 Å². The van der Waals surface area contributed by atoms with Gasteiger partial charge in [-0.2, -0.15) is 5.06 Å². The Morgan fingerprint density at radius 3 is 3.00 bits per heavy atom. The van der Waals surface area contributed by atoms with Crippen LogP contribution in [0.15, 0.2) is 24.3 Å². The van der Waals surface area contributed by atoms with Gasteiger partial charge in [-0.15, -0.1) is 0 Å². The molecule has 1 aromatic carbocycles. The Morgan fingerprint density at radius 2 is 2.22 bits per heavy atom. The lowest BCUT2D eigenvalue weighted by molar-refractivity contribution is -0.132. The van der Waals surface area contributed by atoms with Gasteiger partial charge in [-0.05, 0) is 24.5 Å². The van der Waals surface area contributed by atoms with Gasteiger partial charge in [0.15, 0.2) is 0 Å². The van der Waals surface area contributed by atoms with Crippen molar-refractivity contribution in [3.63, 3.8) is 0 Å². The summed E-state index contributed by atoms with van der Waals surface area (Å²) in [6.45, 7) is 2.81. The van der Waals surface area contributed by atoms with E-state index in [0.29, 0.717) is 6.04 Å². The fraction of sp³-hybridized carbons (Fsp3) is 0.571. The van der Waals surface area contributed by atoms with Crippen LogP contribution in [-0.2, 0) is 11.4 Å². The zero-order valence-corrected chi connectivity index (χ0v) is 11.1. The molecule has 1 heterocycles. The van der Waals surface area contributed by atoms with Crippen LogP contribution in [0.5, 0.6) is 0 Å². The molecular formula is C14H23N3O. The van der Waals surface area contributed by atoms with Gasteiger partial charge in [-0.1, -0.05) is 24.6 Å². The minimum Gasteiger partial charge on any atom is -0.398 e. The predicted molar refractivity (Wildman–Crippen MR) is 73.9 cm³/mol. The average Bonchev–Trinajstić information content (AvgIpc) is 2.63. The molecule has 1 atom stereocenters. The molecule has 1 aliphatic heterocycles. The van der Waals surface area contributed by atoms with Crippen LogP contribution in [0.2, 0.25) is 0 Å². The fourth-order valence-corrected chi connectivity index (χ4v) is 2.39. The highest BCUT2D eigenvalue weighted by atomic mass is 16.7. The van der Waals surface area contributed by atoms with E-state index in [9.17, 15) is 0 Å². The second-order valence-electron chi connectivity index (χ2n) is 4.84. The molecule has 1 aliphatic rings. The molecule has 2 rings (SSSR count). The number of benzene rings is 1. The summed E-state index contributed by atoms with van der Waals surface area (Å²) in [7, 11) is 1.75. The molecule has 3 N–H and O–H groups in total. The van der Waals surface area contributed by atoms with Crippen LogP contribution in [0.1, 0.15) is 24.8 Å². The number of nitrogen functional groups attached to an aromatic ring is 1. The molecule has 0 aromatic heterocycles. The minimum atomic E-state index is 0.479. The lowest BCUT2D eigenvalue weighted by Crippen LogP contribution is -2.39. The molecule has 0 radical (unpaired) electrons. The fourth-order valence-electron chi connectivity index (χ4n) is 2.39. The summed E-state index contributed by atoms with van der Waals surface area (Å²) < 4.78 is 0. The molecule has 0 amide bonds. The number of nitrogens with two attached hydrogens (primary N) is 1. The van der Waals surface area contributed by atoms with E-state index < -0.39 is 0 Å². The number of rotatable bonds is 4. The molecule has 1 aromatic rings. The van der Waals surface area contributed by atoms with Crippen molar-refractivity contribution in [2.24, 2.45) is 0 Å². The van der Waals surface area contributed by atoms with E-state index in [1.165, 1.54) is 24.8 Å². The Kier molecular flexibility index (Phi) is 4.99. The molecule has 100 valence electrons. The number of hydrogen-bond acceptors (Lipinski definition) is 4. The van der Waals surface area contributed by atoms with Gasteiger partial charge in [-0.3, -0.25) is 0 Å². The van der Waals surface area contributed by atoms with Crippen LogP contribution in [-0.4, -0.2) is 31.3 Å². The zero-order chi connectivity index (χ0) is 12.8. The normalized spacial score (nSPS) is 21.7. The second-order valence-corrected chi connectivity index (χ2v) is 4.84. The Labute approximate surface area is 109 Å². The minimum absolute atomic E-state index is 0.479. The summed E-state index contributed by atoms with van der Waals surface area (Å²) >= 11 is 0. The van der Waals surface area contributed by atoms with Crippen molar-refractivity contribution in [2.75, 3.05) is 25.9 Å². The highest BCUT2D eigenvalue weighted by molar-refractivity contribution is 5.46. The van der Waals surface area contributed by atoms with Gasteiger partial charge in [0.25, 0.3) is 0 Å². The van der Waals surface area contributed by atoms with Crippen LogP contribution >= 0.6 is 0 Å². The number of hydrogen-bond donors (Lipinski definition) is 2. The molecular weight excluding hydrogens is 226 g/mol. The third-order valence-electron chi connectivity index (χ3n) is 3.53. The lowest BCUT2D eigenvalue weighted by atomic mass is 10.1. The maximum absolute atomic E-state index is 5.95. The van der Waals surface area contributed by atoms with Crippen molar-refractivity contribution in [1.29, 1.82) is 0 Å². The molecule has 4 heteroatoms. The Balaban J connectivity index is 1.87. The maximum Gasteiger partial charge on any atom is 0.0575 e. The smallest absolute Gasteiger partial charge is 0.0575 e. The third-order valence-corrected chi connectivity index (χ3v) is 3.53. The first-order chi connectivity index (χ1) is 8.79. The summed E-state index contributed by atoms with van der Waals surface area (Å²) in [5, 5.41) is 5.62. The average molecular weight is 249 g/mol. The largest absolute Gasteiger partial charge is 0.398 e. The van der Waals surface area contributed by atoms with Crippen LogP contribution in [0, 0.1) is 0 Å². The molecule has 18 heavy (non-hydrogen) atoms. The quantitative estimate of drug-likeness (QED) is 0.799. The van der Waals surface area contributed by atoms with E-state index in [1.807, 2.05) is 23.3 Å². The van der Waals surface area contributed by atoms with Crippen LogP contribution in [0.3, 0.4) is 0 Å².